The highest BCUT2D eigenvalue weighted by Gasteiger charge is 2.25. The van der Waals surface area contributed by atoms with E-state index < -0.39 is 0 Å². The first-order valence-electron chi connectivity index (χ1n) is 8.86. The molecule has 4 heteroatoms. The fraction of sp³-hybridized carbons (Fsp3) is 0.632. The Balaban J connectivity index is 1.60. The van der Waals surface area contributed by atoms with Gasteiger partial charge < -0.3 is 4.74 Å². The molecule has 2 saturated heterocycles. The van der Waals surface area contributed by atoms with Crippen molar-refractivity contribution in [1.29, 1.82) is 0 Å². The molecule has 0 spiro atoms. The van der Waals surface area contributed by atoms with Crippen molar-refractivity contribution < 1.29 is 9.53 Å². The highest BCUT2D eigenvalue weighted by Crippen LogP contribution is 2.21. The molecular weight excluding hydrogens is 288 g/mol. The molecule has 1 aromatic rings. The van der Waals surface area contributed by atoms with Gasteiger partial charge in [0.15, 0.2) is 5.78 Å². The SMILES string of the molecule is CC(=O)c1ccc(CN2CCCCC2CN2CCOCC2)cc1. The minimum absolute atomic E-state index is 0.139. The molecule has 23 heavy (non-hydrogen) atoms. The second-order valence-corrected chi connectivity index (χ2v) is 6.79. The van der Waals surface area contributed by atoms with Gasteiger partial charge in [0.2, 0.25) is 0 Å². The summed E-state index contributed by atoms with van der Waals surface area (Å²) < 4.78 is 5.46. The van der Waals surface area contributed by atoms with E-state index >= 15 is 0 Å². The molecule has 2 heterocycles. The van der Waals surface area contributed by atoms with Crippen molar-refractivity contribution in [2.45, 2.75) is 38.8 Å². The summed E-state index contributed by atoms with van der Waals surface area (Å²) in [5.41, 5.74) is 2.11. The molecule has 1 unspecified atom stereocenters. The van der Waals surface area contributed by atoms with Gasteiger partial charge in [-0.05, 0) is 31.9 Å². The Morgan fingerprint density at radius 1 is 1.13 bits per heavy atom. The summed E-state index contributed by atoms with van der Waals surface area (Å²) in [6.07, 6.45) is 3.93. The van der Waals surface area contributed by atoms with Crippen molar-refractivity contribution in [3.8, 4) is 0 Å². The number of rotatable bonds is 5. The maximum atomic E-state index is 11.4. The number of nitrogens with zero attached hydrogens (tertiary/aromatic N) is 2. The highest BCUT2D eigenvalue weighted by atomic mass is 16.5. The normalized spacial score (nSPS) is 23.8. The van der Waals surface area contributed by atoms with Crippen molar-refractivity contribution in [3.63, 3.8) is 0 Å². The summed E-state index contributed by atoms with van der Waals surface area (Å²) in [6.45, 7) is 8.84. The third kappa shape index (κ3) is 4.63. The smallest absolute Gasteiger partial charge is 0.159 e. The summed E-state index contributed by atoms with van der Waals surface area (Å²) in [4.78, 5) is 16.6. The van der Waals surface area contributed by atoms with Crippen LogP contribution in [0.5, 0.6) is 0 Å². The molecule has 126 valence electrons. The maximum Gasteiger partial charge on any atom is 0.159 e. The first-order chi connectivity index (χ1) is 11.2. The number of hydrogen-bond donors (Lipinski definition) is 0. The summed E-state index contributed by atoms with van der Waals surface area (Å²) in [5, 5.41) is 0. The number of carbonyl (C=O) groups is 1. The van der Waals surface area contributed by atoms with E-state index in [4.69, 9.17) is 4.74 Å². The van der Waals surface area contributed by atoms with Crippen LogP contribution in [0, 0.1) is 0 Å². The maximum absolute atomic E-state index is 11.4. The van der Waals surface area contributed by atoms with Crippen LogP contribution >= 0.6 is 0 Å². The molecule has 2 aliphatic heterocycles. The number of Topliss-reactive ketones (excluding diaryl/α,β-unsaturated/α-hetero) is 1. The van der Waals surface area contributed by atoms with E-state index in [0.717, 1.165) is 45.0 Å². The van der Waals surface area contributed by atoms with Crippen molar-refractivity contribution in [1.82, 2.24) is 9.80 Å². The van der Waals surface area contributed by atoms with Gasteiger partial charge in [0, 0.05) is 37.8 Å². The molecule has 1 atom stereocenters. The van der Waals surface area contributed by atoms with E-state index in [-0.39, 0.29) is 5.78 Å². The zero-order valence-electron chi connectivity index (χ0n) is 14.2. The van der Waals surface area contributed by atoms with Crippen LogP contribution in [0.3, 0.4) is 0 Å². The minimum atomic E-state index is 0.139. The number of hydrogen-bond acceptors (Lipinski definition) is 4. The van der Waals surface area contributed by atoms with Crippen molar-refractivity contribution >= 4 is 5.78 Å². The van der Waals surface area contributed by atoms with Crippen LogP contribution in [0.1, 0.15) is 42.1 Å². The van der Waals surface area contributed by atoms with Gasteiger partial charge in [0.25, 0.3) is 0 Å². The van der Waals surface area contributed by atoms with E-state index in [0.29, 0.717) is 6.04 Å². The largest absolute Gasteiger partial charge is 0.379 e. The average molecular weight is 316 g/mol. The predicted molar refractivity (Wildman–Crippen MR) is 91.8 cm³/mol. The lowest BCUT2D eigenvalue weighted by Crippen LogP contribution is -2.49. The quantitative estimate of drug-likeness (QED) is 0.782. The van der Waals surface area contributed by atoms with Crippen LogP contribution in [0.2, 0.25) is 0 Å². The van der Waals surface area contributed by atoms with E-state index in [1.807, 2.05) is 12.1 Å². The molecule has 2 fully saturated rings. The lowest BCUT2D eigenvalue weighted by Gasteiger charge is -2.39. The Hall–Kier alpha value is -1.23. The summed E-state index contributed by atoms with van der Waals surface area (Å²) in [6, 6.07) is 8.78. The van der Waals surface area contributed by atoms with Gasteiger partial charge in [0.05, 0.1) is 13.2 Å². The standard InChI is InChI=1S/C19H28N2O2/c1-16(22)18-7-5-17(6-8-18)14-21-9-3-2-4-19(21)15-20-10-12-23-13-11-20/h5-8,19H,2-4,9-15H2,1H3. The van der Waals surface area contributed by atoms with Gasteiger partial charge in [-0.3, -0.25) is 14.6 Å². The molecule has 1 aromatic carbocycles. The summed E-state index contributed by atoms with van der Waals surface area (Å²) in [5.74, 6) is 0.139. The first-order valence-corrected chi connectivity index (χ1v) is 8.86. The van der Waals surface area contributed by atoms with Gasteiger partial charge in [-0.25, -0.2) is 0 Å². The minimum Gasteiger partial charge on any atom is -0.379 e. The summed E-state index contributed by atoms with van der Waals surface area (Å²) >= 11 is 0. The lowest BCUT2D eigenvalue weighted by molar-refractivity contribution is 0.0153. The molecule has 2 aliphatic rings. The van der Waals surface area contributed by atoms with Crippen LogP contribution in [-0.2, 0) is 11.3 Å². The van der Waals surface area contributed by atoms with Crippen LogP contribution in [0.4, 0.5) is 0 Å². The van der Waals surface area contributed by atoms with Crippen LogP contribution in [0.25, 0.3) is 0 Å². The van der Waals surface area contributed by atoms with E-state index in [9.17, 15) is 4.79 Å². The molecule has 4 nitrogen and oxygen atoms in total. The Kier molecular flexibility index (Phi) is 5.81. The van der Waals surface area contributed by atoms with Crippen LogP contribution in [0.15, 0.2) is 24.3 Å². The van der Waals surface area contributed by atoms with Gasteiger partial charge in [-0.2, -0.15) is 0 Å². The third-order valence-corrected chi connectivity index (χ3v) is 5.07. The average Bonchev–Trinajstić information content (AvgIpc) is 2.58. The van der Waals surface area contributed by atoms with Gasteiger partial charge in [0.1, 0.15) is 0 Å². The van der Waals surface area contributed by atoms with E-state index in [2.05, 4.69) is 21.9 Å². The fourth-order valence-electron chi connectivity index (χ4n) is 3.64. The Labute approximate surface area is 139 Å². The van der Waals surface area contributed by atoms with Gasteiger partial charge >= 0.3 is 0 Å². The molecule has 0 N–H and O–H groups in total. The Bertz CT molecular complexity index is 509. The number of benzene rings is 1. The summed E-state index contributed by atoms with van der Waals surface area (Å²) in [7, 11) is 0. The van der Waals surface area contributed by atoms with E-state index in [1.165, 1.54) is 31.4 Å². The molecule has 0 amide bonds. The van der Waals surface area contributed by atoms with Crippen molar-refractivity contribution in [2.75, 3.05) is 39.4 Å². The van der Waals surface area contributed by atoms with Gasteiger partial charge in [-0.1, -0.05) is 30.7 Å². The number of morpholine rings is 1. The molecule has 0 saturated carbocycles. The Morgan fingerprint density at radius 3 is 2.57 bits per heavy atom. The highest BCUT2D eigenvalue weighted by molar-refractivity contribution is 5.93. The fourth-order valence-corrected chi connectivity index (χ4v) is 3.64. The number of carbonyl (C=O) groups excluding carboxylic acids is 1. The number of piperidine rings is 1. The second kappa shape index (κ2) is 8.04. The first kappa shape index (κ1) is 16.6. The van der Waals surface area contributed by atoms with Crippen molar-refractivity contribution in [2.24, 2.45) is 0 Å². The van der Waals surface area contributed by atoms with Crippen molar-refractivity contribution in [3.05, 3.63) is 35.4 Å². The molecule has 0 aromatic heterocycles. The molecule has 3 rings (SSSR count). The zero-order valence-corrected chi connectivity index (χ0v) is 14.2. The molecular formula is C19H28N2O2. The molecule has 0 radical (unpaired) electrons. The molecule has 0 bridgehead atoms. The second-order valence-electron chi connectivity index (χ2n) is 6.79. The molecule has 0 aliphatic carbocycles. The topological polar surface area (TPSA) is 32.8 Å². The predicted octanol–water partition coefficient (Wildman–Crippen LogP) is 2.58. The monoisotopic (exact) mass is 316 g/mol. The van der Waals surface area contributed by atoms with Crippen LogP contribution < -0.4 is 0 Å². The Morgan fingerprint density at radius 2 is 1.87 bits per heavy atom. The number of ether oxygens (including phenoxy) is 1. The van der Waals surface area contributed by atoms with Crippen LogP contribution in [-0.4, -0.2) is 61.0 Å². The zero-order chi connectivity index (χ0) is 16.1. The lowest BCUT2D eigenvalue weighted by atomic mass is 10.00. The third-order valence-electron chi connectivity index (χ3n) is 5.07. The van der Waals surface area contributed by atoms with Gasteiger partial charge in [-0.15, -0.1) is 0 Å². The number of ketones is 1. The van der Waals surface area contributed by atoms with E-state index in [1.54, 1.807) is 6.92 Å². The number of likely N-dealkylation sites (tertiary alicyclic amines) is 1.